The zero-order valence-corrected chi connectivity index (χ0v) is 11.0. The highest BCUT2D eigenvalue weighted by atomic mass is 16.5. The molecule has 98 valence electrons. The van der Waals surface area contributed by atoms with E-state index in [1.165, 1.54) is 5.56 Å². The maximum absolute atomic E-state index is 10.6. The fraction of sp³-hybridized carbons (Fsp3) is 0.294. The van der Waals surface area contributed by atoms with Gasteiger partial charge in [0.25, 0.3) is 0 Å². The van der Waals surface area contributed by atoms with Crippen LogP contribution in [0.25, 0.3) is 0 Å². The zero-order chi connectivity index (χ0) is 13.2. The number of benzene rings is 2. The minimum Gasteiger partial charge on any atom is -0.493 e. The lowest BCUT2D eigenvalue weighted by molar-refractivity contribution is 0.117. The minimum absolute atomic E-state index is 0.118. The van der Waals surface area contributed by atoms with Gasteiger partial charge in [0.2, 0.25) is 0 Å². The quantitative estimate of drug-likeness (QED) is 0.887. The Labute approximate surface area is 113 Å². The van der Waals surface area contributed by atoms with Gasteiger partial charge < -0.3 is 9.84 Å². The lowest BCUT2D eigenvalue weighted by atomic mass is 9.85. The molecule has 2 unspecified atom stereocenters. The lowest BCUT2D eigenvalue weighted by Crippen LogP contribution is -2.20. The van der Waals surface area contributed by atoms with Crippen molar-refractivity contribution in [2.24, 2.45) is 0 Å². The van der Waals surface area contributed by atoms with Gasteiger partial charge in [-0.15, -0.1) is 0 Å². The third-order valence-electron chi connectivity index (χ3n) is 3.80. The summed E-state index contributed by atoms with van der Waals surface area (Å²) in [7, 11) is 0. The predicted molar refractivity (Wildman–Crippen MR) is 75.4 cm³/mol. The van der Waals surface area contributed by atoms with Crippen LogP contribution in [-0.2, 0) is 0 Å². The molecular formula is C17H18O2. The zero-order valence-electron chi connectivity index (χ0n) is 11.0. The molecule has 2 heteroatoms. The molecule has 2 aromatic carbocycles. The third kappa shape index (κ3) is 2.36. The highest BCUT2D eigenvalue weighted by Gasteiger charge is 2.28. The highest BCUT2D eigenvalue weighted by Crippen LogP contribution is 2.41. The molecule has 0 saturated carbocycles. The number of aryl methyl sites for hydroxylation is 1. The number of ether oxygens (including phenoxy) is 1. The fourth-order valence-electron chi connectivity index (χ4n) is 2.69. The number of fused-ring (bicyclic) bond motifs is 1. The van der Waals surface area contributed by atoms with Gasteiger partial charge in [0.05, 0.1) is 12.7 Å². The van der Waals surface area contributed by atoms with Gasteiger partial charge in [-0.05, 0) is 25.0 Å². The average molecular weight is 254 g/mol. The Morgan fingerprint density at radius 3 is 2.63 bits per heavy atom. The first-order valence-electron chi connectivity index (χ1n) is 6.72. The largest absolute Gasteiger partial charge is 0.493 e. The first-order chi connectivity index (χ1) is 9.25. The number of aliphatic hydroxyl groups excluding tert-OH is 1. The molecule has 0 bridgehead atoms. The Bertz CT molecular complexity index is 560. The third-order valence-corrected chi connectivity index (χ3v) is 3.80. The van der Waals surface area contributed by atoms with E-state index in [0.717, 1.165) is 23.3 Å². The van der Waals surface area contributed by atoms with Crippen LogP contribution in [0.4, 0.5) is 0 Å². The van der Waals surface area contributed by atoms with Crippen molar-refractivity contribution in [2.45, 2.75) is 25.4 Å². The van der Waals surface area contributed by atoms with E-state index in [2.05, 4.69) is 13.0 Å². The fourth-order valence-corrected chi connectivity index (χ4v) is 2.69. The van der Waals surface area contributed by atoms with Gasteiger partial charge in [-0.3, -0.25) is 0 Å². The molecule has 1 N–H and O–H groups in total. The van der Waals surface area contributed by atoms with E-state index in [-0.39, 0.29) is 5.92 Å². The normalized spacial score (nSPS) is 19.4. The maximum Gasteiger partial charge on any atom is 0.122 e. The van der Waals surface area contributed by atoms with Crippen LogP contribution in [0.2, 0.25) is 0 Å². The van der Waals surface area contributed by atoms with Crippen molar-refractivity contribution in [3.8, 4) is 5.75 Å². The molecule has 2 nitrogen and oxygen atoms in total. The second-order valence-electron chi connectivity index (χ2n) is 5.14. The van der Waals surface area contributed by atoms with Gasteiger partial charge in [-0.25, -0.2) is 0 Å². The molecule has 1 aliphatic heterocycles. The van der Waals surface area contributed by atoms with Crippen LogP contribution in [0, 0.1) is 6.92 Å². The second-order valence-corrected chi connectivity index (χ2v) is 5.14. The second kappa shape index (κ2) is 5.06. The van der Waals surface area contributed by atoms with E-state index in [4.69, 9.17) is 4.74 Å². The summed E-state index contributed by atoms with van der Waals surface area (Å²) in [5.74, 6) is 1.03. The summed E-state index contributed by atoms with van der Waals surface area (Å²) in [5.41, 5.74) is 3.30. The van der Waals surface area contributed by atoms with Crippen LogP contribution < -0.4 is 4.74 Å². The van der Waals surface area contributed by atoms with Gasteiger partial charge in [-0.2, -0.15) is 0 Å². The number of aliphatic hydroxyl groups is 1. The van der Waals surface area contributed by atoms with Gasteiger partial charge in [0.15, 0.2) is 0 Å². The molecular weight excluding hydrogens is 236 g/mol. The van der Waals surface area contributed by atoms with E-state index in [1.807, 2.05) is 42.5 Å². The van der Waals surface area contributed by atoms with Crippen LogP contribution in [0.3, 0.4) is 0 Å². The van der Waals surface area contributed by atoms with Crippen LogP contribution in [0.1, 0.15) is 35.1 Å². The van der Waals surface area contributed by atoms with Crippen molar-refractivity contribution in [1.29, 1.82) is 0 Å². The highest BCUT2D eigenvalue weighted by molar-refractivity contribution is 5.40. The minimum atomic E-state index is -0.467. The predicted octanol–water partition coefficient (Wildman–Crippen LogP) is 3.59. The van der Waals surface area contributed by atoms with Crippen LogP contribution in [0.5, 0.6) is 5.75 Å². The van der Waals surface area contributed by atoms with E-state index in [9.17, 15) is 5.11 Å². The Morgan fingerprint density at radius 1 is 1.11 bits per heavy atom. The molecule has 0 aliphatic carbocycles. The van der Waals surface area contributed by atoms with Crippen molar-refractivity contribution in [3.63, 3.8) is 0 Å². The van der Waals surface area contributed by atoms with Crippen LogP contribution >= 0.6 is 0 Å². The summed E-state index contributed by atoms with van der Waals surface area (Å²) in [6, 6.07) is 16.1. The lowest BCUT2D eigenvalue weighted by Gasteiger charge is -2.29. The summed E-state index contributed by atoms with van der Waals surface area (Å²) in [5, 5.41) is 10.6. The molecule has 0 radical (unpaired) electrons. The molecule has 2 atom stereocenters. The summed E-state index contributed by atoms with van der Waals surface area (Å²) in [6.07, 6.45) is 0.386. The molecule has 0 spiro atoms. The van der Waals surface area contributed by atoms with Crippen molar-refractivity contribution in [1.82, 2.24) is 0 Å². The molecule has 0 aromatic heterocycles. The molecule has 1 heterocycles. The molecule has 19 heavy (non-hydrogen) atoms. The van der Waals surface area contributed by atoms with Gasteiger partial charge in [-0.1, -0.05) is 48.0 Å². The van der Waals surface area contributed by atoms with Gasteiger partial charge in [0, 0.05) is 11.5 Å². The number of hydrogen-bond acceptors (Lipinski definition) is 2. The number of hydrogen-bond donors (Lipinski definition) is 1. The van der Waals surface area contributed by atoms with Crippen molar-refractivity contribution >= 4 is 0 Å². The SMILES string of the molecule is Cc1ccc(C(O)C2CCOc3ccccc32)cc1. The maximum atomic E-state index is 10.6. The van der Waals surface area contributed by atoms with Gasteiger partial charge >= 0.3 is 0 Å². The summed E-state index contributed by atoms with van der Waals surface area (Å²) >= 11 is 0. The first-order valence-corrected chi connectivity index (χ1v) is 6.72. The molecule has 1 aliphatic rings. The number of rotatable bonds is 2. The van der Waals surface area contributed by atoms with E-state index >= 15 is 0 Å². The van der Waals surface area contributed by atoms with Crippen molar-refractivity contribution < 1.29 is 9.84 Å². The number of para-hydroxylation sites is 1. The molecule has 0 fully saturated rings. The monoisotopic (exact) mass is 254 g/mol. The van der Waals surface area contributed by atoms with E-state index < -0.39 is 6.10 Å². The van der Waals surface area contributed by atoms with Crippen molar-refractivity contribution in [3.05, 3.63) is 65.2 Å². The molecule has 3 rings (SSSR count). The smallest absolute Gasteiger partial charge is 0.122 e. The average Bonchev–Trinajstić information content (AvgIpc) is 2.47. The van der Waals surface area contributed by atoms with Gasteiger partial charge in [0.1, 0.15) is 5.75 Å². The standard InChI is InChI=1S/C17H18O2/c1-12-6-8-13(9-7-12)17(18)15-10-11-19-16-5-3-2-4-14(15)16/h2-9,15,17-18H,10-11H2,1H3. The van der Waals surface area contributed by atoms with Crippen molar-refractivity contribution in [2.75, 3.05) is 6.61 Å². The molecule has 0 saturated heterocycles. The Hall–Kier alpha value is -1.80. The molecule has 2 aromatic rings. The summed E-state index contributed by atoms with van der Waals surface area (Å²) < 4.78 is 5.65. The van der Waals surface area contributed by atoms with Crippen LogP contribution in [0.15, 0.2) is 48.5 Å². The van der Waals surface area contributed by atoms with E-state index in [1.54, 1.807) is 0 Å². The topological polar surface area (TPSA) is 29.5 Å². The summed E-state index contributed by atoms with van der Waals surface area (Å²) in [4.78, 5) is 0. The van der Waals surface area contributed by atoms with Crippen LogP contribution in [-0.4, -0.2) is 11.7 Å². The molecule has 0 amide bonds. The Balaban J connectivity index is 1.92. The first kappa shape index (κ1) is 12.2. The van der Waals surface area contributed by atoms with E-state index in [0.29, 0.717) is 6.61 Å². The Kier molecular flexibility index (Phi) is 3.26. The summed E-state index contributed by atoms with van der Waals surface area (Å²) in [6.45, 7) is 2.73. The Morgan fingerprint density at radius 2 is 1.84 bits per heavy atom.